The SMILES string of the molecule is C=CC(C)Nc1cc(Cl)nc2ncnn12. The molecule has 0 fully saturated rings. The van der Waals surface area contributed by atoms with Gasteiger partial charge in [0.25, 0.3) is 5.78 Å². The highest BCUT2D eigenvalue weighted by atomic mass is 35.5. The van der Waals surface area contributed by atoms with Gasteiger partial charge in [0.1, 0.15) is 17.3 Å². The minimum atomic E-state index is 0.121. The number of anilines is 1. The normalized spacial score (nSPS) is 12.7. The lowest BCUT2D eigenvalue weighted by molar-refractivity contribution is 0.897. The fourth-order valence-electron chi connectivity index (χ4n) is 1.18. The van der Waals surface area contributed by atoms with Gasteiger partial charge in [0.2, 0.25) is 0 Å². The standard InChI is InChI=1S/C9H10ClN5/c1-3-6(2)13-8-4-7(10)14-9-11-5-12-15(8)9/h3-6,13H,1H2,2H3. The van der Waals surface area contributed by atoms with E-state index in [0.717, 1.165) is 5.82 Å². The molecule has 1 unspecified atom stereocenters. The second kappa shape index (κ2) is 3.86. The summed E-state index contributed by atoms with van der Waals surface area (Å²) in [7, 11) is 0. The molecule has 0 amide bonds. The predicted molar refractivity (Wildman–Crippen MR) is 59.1 cm³/mol. The van der Waals surface area contributed by atoms with Gasteiger partial charge in [-0.3, -0.25) is 0 Å². The Morgan fingerprint density at radius 1 is 1.67 bits per heavy atom. The van der Waals surface area contributed by atoms with Crippen molar-refractivity contribution in [3.63, 3.8) is 0 Å². The fourth-order valence-corrected chi connectivity index (χ4v) is 1.36. The molecule has 2 heterocycles. The first kappa shape index (κ1) is 9.92. The summed E-state index contributed by atoms with van der Waals surface area (Å²) in [5.41, 5.74) is 0. The lowest BCUT2D eigenvalue weighted by Gasteiger charge is -2.11. The monoisotopic (exact) mass is 223 g/mol. The fraction of sp³-hybridized carbons (Fsp3) is 0.222. The van der Waals surface area contributed by atoms with Crippen molar-refractivity contribution in [1.29, 1.82) is 0 Å². The Bertz CT molecular complexity index is 492. The molecule has 0 bridgehead atoms. The molecule has 0 aliphatic heterocycles. The van der Waals surface area contributed by atoms with Crippen LogP contribution in [0.25, 0.3) is 5.78 Å². The Labute approximate surface area is 91.8 Å². The van der Waals surface area contributed by atoms with Gasteiger partial charge in [-0.25, -0.2) is 0 Å². The largest absolute Gasteiger partial charge is 0.364 e. The molecule has 0 saturated heterocycles. The Kier molecular flexibility index (Phi) is 2.55. The molecule has 2 aromatic rings. The van der Waals surface area contributed by atoms with Crippen LogP contribution >= 0.6 is 11.6 Å². The van der Waals surface area contributed by atoms with Crippen molar-refractivity contribution in [2.24, 2.45) is 0 Å². The van der Waals surface area contributed by atoms with Crippen molar-refractivity contribution in [1.82, 2.24) is 19.6 Å². The summed E-state index contributed by atoms with van der Waals surface area (Å²) in [5, 5.41) is 7.60. The zero-order chi connectivity index (χ0) is 10.8. The Morgan fingerprint density at radius 3 is 3.20 bits per heavy atom. The Hall–Kier alpha value is -1.62. The van der Waals surface area contributed by atoms with E-state index in [-0.39, 0.29) is 6.04 Å². The predicted octanol–water partition coefficient (Wildman–Crippen LogP) is 1.76. The number of halogens is 1. The zero-order valence-corrected chi connectivity index (χ0v) is 8.94. The molecular formula is C9H10ClN5. The van der Waals surface area contributed by atoms with E-state index < -0.39 is 0 Å². The molecule has 0 aliphatic carbocycles. The average Bonchev–Trinajstić information content (AvgIpc) is 2.65. The number of hydrogen-bond acceptors (Lipinski definition) is 4. The third-order valence-electron chi connectivity index (χ3n) is 1.95. The first-order valence-corrected chi connectivity index (χ1v) is 4.84. The number of aromatic nitrogens is 4. The maximum atomic E-state index is 5.85. The van der Waals surface area contributed by atoms with Crippen molar-refractivity contribution in [2.75, 3.05) is 5.32 Å². The van der Waals surface area contributed by atoms with Crippen molar-refractivity contribution < 1.29 is 0 Å². The summed E-state index contributed by atoms with van der Waals surface area (Å²) in [6.07, 6.45) is 3.22. The molecule has 0 spiro atoms. The molecular weight excluding hydrogens is 214 g/mol. The minimum Gasteiger partial charge on any atom is -0.364 e. The third-order valence-corrected chi connectivity index (χ3v) is 2.14. The van der Waals surface area contributed by atoms with Crippen LogP contribution in [-0.4, -0.2) is 25.6 Å². The molecule has 1 N–H and O–H groups in total. The van der Waals surface area contributed by atoms with E-state index in [1.54, 1.807) is 16.7 Å². The lowest BCUT2D eigenvalue weighted by Crippen LogP contribution is -2.14. The number of hydrogen-bond donors (Lipinski definition) is 1. The summed E-state index contributed by atoms with van der Waals surface area (Å²) < 4.78 is 1.59. The van der Waals surface area contributed by atoms with Crippen LogP contribution in [0.1, 0.15) is 6.92 Å². The maximum Gasteiger partial charge on any atom is 0.255 e. The first-order chi connectivity index (χ1) is 7.20. The molecule has 15 heavy (non-hydrogen) atoms. The molecule has 0 saturated carbocycles. The molecule has 2 aromatic heterocycles. The highest BCUT2D eigenvalue weighted by Crippen LogP contribution is 2.15. The van der Waals surface area contributed by atoms with E-state index in [1.165, 1.54) is 6.33 Å². The van der Waals surface area contributed by atoms with Gasteiger partial charge in [-0.2, -0.15) is 19.6 Å². The smallest absolute Gasteiger partial charge is 0.255 e. The van der Waals surface area contributed by atoms with Crippen molar-refractivity contribution >= 4 is 23.2 Å². The first-order valence-electron chi connectivity index (χ1n) is 4.46. The van der Waals surface area contributed by atoms with Gasteiger partial charge in [0.05, 0.1) is 0 Å². The van der Waals surface area contributed by atoms with Gasteiger partial charge in [-0.1, -0.05) is 17.7 Å². The molecule has 0 radical (unpaired) electrons. The molecule has 1 atom stereocenters. The Balaban J connectivity index is 2.48. The summed E-state index contributed by atoms with van der Waals surface area (Å²) in [5.74, 6) is 1.22. The van der Waals surface area contributed by atoms with Gasteiger partial charge in [-0.15, -0.1) is 6.58 Å². The molecule has 6 heteroatoms. The Morgan fingerprint density at radius 2 is 2.47 bits per heavy atom. The second-order valence-corrected chi connectivity index (χ2v) is 3.49. The van der Waals surface area contributed by atoms with E-state index in [2.05, 4.69) is 27.0 Å². The molecule has 78 valence electrons. The van der Waals surface area contributed by atoms with Crippen LogP contribution in [0.15, 0.2) is 25.0 Å². The van der Waals surface area contributed by atoms with E-state index in [1.807, 2.05) is 6.92 Å². The number of rotatable bonds is 3. The molecule has 5 nitrogen and oxygen atoms in total. The van der Waals surface area contributed by atoms with Crippen LogP contribution in [0.2, 0.25) is 5.15 Å². The van der Waals surface area contributed by atoms with Gasteiger partial charge in [0, 0.05) is 12.1 Å². The summed E-state index contributed by atoms with van der Waals surface area (Å²) in [6, 6.07) is 1.82. The minimum absolute atomic E-state index is 0.121. The quantitative estimate of drug-likeness (QED) is 0.637. The number of nitrogens with zero attached hydrogens (tertiary/aromatic N) is 4. The van der Waals surface area contributed by atoms with Crippen LogP contribution in [0.5, 0.6) is 0 Å². The van der Waals surface area contributed by atoms with E-state index >= 15 is 0 Å². The summed E-state index contributed by atoms with van der Waals surface area (Å²) >= 11 is 5.85. The van der Waals surface area contributed by atoms with Crippen LogP contribution in [0, 0.1) is 0 Å². The third kappa shape index (κ3) is 1.92. The average molecular weight is 224 g/mol. The lowest BCUT2D eigenvalue weighted by atomic mass is 10.3. The van der Waals surface area contributed by atoms with Gasteiger partial charge in [-0.05, 0) is 6.92 Å². The van der Waals surface area contributed by atoms with Crippen molar-refractivity contribution in [3.8, 4) is 0 Å². The van der Waals surface area contributed by atoms with Crippen molar-refractivity contribution in [3.05, 3.63) is 30.2 Å². The van der Waals surface area contributed by atoms with Gasteiger partial charge < -0.3 is 5.32 Å². The molecule has 0 aliphatic rings. The topological polar surface area (TPSA) is 55.1 Å². The van der Waals surface area contributed by atoms with Crippen LogP contribution in [-0.2, 0) is 0 Å². The van der Waals surface area contributed by atoms with Crippen LogP contribution < -0.4 is 5.32 Å². The summed E-state index contributed by atoms with van der Waals surface area (Å²) in [4.78, 5) is 7.98. The van der Waals surface area contributed by atoms with Crippen molar-refractivity contribution in [2.45, 2.75) is 13.0 Å². The van der Waals surface area contributed by atoms with Crippen LogP contribution in [0.3, 0.4) is 0 Å². The maximum absolute atomic E-state index is 5.85. The zero-order valence-electron chi connectivity index (χ0n) is 8.18. The molecule has 2 rings (SSSR count). The van der Waals surface area contributed by atoms with E-state index in [9.17, 15) is 0 Å². The van der Waals surface area contributed by atoms with Gasteiger partial charge in [0.15, 0.2) is 0 Å². The van der Waals surface area contributed by atoms with Crippen LogP contribution in [0.4, 0.5) is 5.82 Å². The van der Waals surface area contributed by atoms with E-state index in [0.29, 0.717) is 10.9 Å². The highest BCUT2D eigenvalue weighted by Gasteiger charge is 2.07. The van der Waals surface area contributed by atoms with Gasteiger partial charge >= 0.3 is 0 Å². The summed E-state index contributed by atoms with van der Waals surface area (Å²) in [6.45, 7) is 5.67. The molecule has 0 aromatic carbocycles. The van der Waals surface area contributed by atoms with E-state index in [4.69, 9.17) is 11.6 Å². The highest BCUT2D eigenvalue weighted by molar-refractivity contribution is 6.29. The number of fused-ring (bicyclic) bond motifs is 1. The number of nitrogens with one attached hydrogen (secondary N) is 1. The second-order valence-electron chi connectivity index (χ2n) is 3.10.